The van der Waals surface area contributed by atoms with Crippen molar-refractivity contribution in [2.45, 2.75) is 50.5 Å². The topological polar surface area (TPSA) is 26.0 Å². The number of hydrogen-bond acceptors (Lipinski definition) is 1. The van der Waals surface area contributed by atoms with E-state index in [-0.39, 0.29) is 5.54 Å². The zero-order chi connectivity index (χ0) is 11.4. The van der Waals surface area contributed by atoms with Crippen molar-refractivity contribution in [3.05, 3.63) is 34.3 Å². The second-order valence-electron chi connectivity index (χ2n) is 5.04. The summed E-state index contributed by atoms with van der Waals surface area (Å²) < 4.78 is 1.20. The molecule has 0 atom stereocenters. The van der Waals surface area contributed by atoms with Crippen LogP contribution in [-0.4, -0.2) is 5.54 Å². The van der Waals surface area contributed by atoms with E-state index < -0.39 is 0 Å². The molecule has 2 rings (SSSR count). The lowest BCUT2D eigenvalue weighted by Gasteiger charge is -2.28. The minimum atomic E-state index is 0.0281. The third kappa shape index (κ3) is 3.08. The largest absolute Gasteiger partial charge is 0.325 e. The lowest BCUT2D eigenvalue weighted by Crippen LogP contribution is -2.41. The average Bonchev–Trinajstić information content (AvgIpc) is 2.47. The van der Waals surface area contributed by atoms with E-state index >= 15 is 0 Å². The third-order valence-corrected chi connectivity index (χ3v) is 4.37. The summed E-state index contributed by atoms with van der Waals surface area (Å²) in [6.07, 6.45) is 8.66. The summed E-state index contributed by atoms with van der Waals surface area (Å²) >= 11 is 3.61. The van der Waals surface area contributed by atoms with E-state index in [0.29, 0.717) is 0 Å². The summed E-state index contributed by atoms with van der Waals surface area (Å²) in [7, 11) is 0. The van der Waals surface area contributed by atoms with Gasteiger partial charge in [-0.25, -0.2) is 0 Å². The van der Waals surface area contributed by atoms with Crippen molar-refractivity contribution in [2.24, 2.45) is 5.73 Å². The van der Waals surface area contributed by atoms with E-state index in [2.05, 4.69) is 40.2 Å². The molecule has 1 nitrogen and oxygen atoms in total. The van der Waals surface area contributed by atoms with Gasteiger partial charge >= 0.3 is 0 Å². The van der Waals surface area contributed by atoms with Crippen LogP contribution in [0.5, 0.6) is 0 Å². The van der Waals surface area contributed by atoms with E-state index in [4.69, 9.17) is 5.73 Å². The van der Waals surface area contributed by atoms with Gasteiger partial charge < -0.3 is 5.73 Å². The van der Waals surface area contributed by atoms with Crippen LogP contribution in [0, 0.1) is 0 Å². The number of halogens is 1. The van der Waals surface area contributed by atoms with Crippen molar-refractivity contribution in [3.8, 4) is 0 Å². The number of benzene rings is 1. The zero-order valence-electron chi connectivity index (χ0n) is 9.71. The maximum Gasteiger partial charge on any atom is 0.0207 e. The van der Waals surface area contributed by atoms with Crippen LogP contribution in [0.4, 0.5) is 0 Å². The van der Waals surface area contributed by atoms with E-state index in [1.807, 2.05) is 0 Å². The summed E-state index contributed by atoms with van der Waals surface area (Å²) in [4.78, 5) is 0. The first-order valence-corrected chi connectivity index (χ1v) is 7.01. The minimum absolute atomic E-state index is 0.0281. The monoisotopic (exact) mass is 281 g/mol. The van der Waals surface area contributed by atoms with E-state index in [9.17, 15) is 0 Å². The van der Waals surface area contributed by atoms with Crippen molar-refractivity contribution in [3.63, 3.8) is 0 Å². The fourth-order valence-corrected chi connectivity index (χ4v) is 3.06. The van der Waals surface area contributed by atoms with Gasteiger partial charge in [-0.3, -0.25) is 0 Å². The highest BCUT2D eigenvalue weighted by Gasteiger charge is 2.26. The molecule has 88 valence electrons. The van der Waals surface area contributed by atoms with Crippen LogP contribution < -0.4 is 5.73 Å². The number of nitrogens with two attached hydrogens (primary N) is 1. The highest BCUT2D eigenvalue weighted by atomic mass is 79.9. The smallest absolute Gasteiger partial charge is 0.0207 e. The van der Waals surface area contributed by atoms with E-state index in [1.165, 1.54) is 48.6 Å². The van der Waals surface area contributed by atoms with Crippen LogP contribution in [0.25, 0.3) is 0 Å². The molecule has 16 heavy (non-hydrogen) atoms. The SMILES string of the molecule is NC1(Cc2ccccc2Br)CCCCCC1. The first-order valence-electron chi connectivity index (χ1n) is 6.22. The van der Waals surface area contributed by atoms with Gasteiger partial charge in [0, 0.05) is 10.0 Å². The summed E-state index contributed by atoms with van der Waals surface area (Å²) in [5.74, 6) is 0. The molecule has 1 aliphatic rings. The molecule has 0 bridgehead atoms. The molecule has 2 heteroatoms. The number of rotatable bonds is 2. The molecular weight excluding hydrogens is 262 g/mol. The van der Waals surface area contributed by atoms with Gasteiger partial charge in [-0.2, -0.15) is 0 Å². The molecule has 0 radical (unpaired) electrons. The van der Waals surface area contributed by atoms with Gasteiger partial charge in [-0.15, -0.1) is 0 Å². The first kappa shape index (κ1) is 12.1. The maximum atomic E-state index is 6.54. The Morgan fingerprint density at radius 2 is 1.69 bits per heavy atom. The molecule has 0 unspecified atom stereocenters. The van der Waals surface area contributed by atoms with Crippen LogP contribution in [0.15, 0.2) is 28.7 Å². The zero-order valence-corrected chi connectivity index (χ0v) is 11.3. The van der Waals surface area contributed by atoms with Crippen molar-refractivity contribution in [1.82, 2.24) is 0 Å². The van der Waals surface area contributed by atoms with Gasteiger partial charge in [0.2, 0.25) is 0 Å². The molecule has 0 aromatic heterocycles. The van der Waals surface area contributed by atoms with E-state index in [0.717, 1.165) is 6.42 Å². The van der Waals surface area contributed by atoms with Gasteiger partial charge in [-0.05, 0) is 30.9 Å². The second kappa shape index (κ2) is 5.33. The molecular formula is C14H20BrN. The van der Waals surface area contributed by atoms with Crippen LogP contribution in [-0.2, 0) is 6.42 Å². The molecule has 1 aromatic rings. The van der Waals surface area contributed by atoms with Crippen molar-refractivity contribution in [2.75, 3.05) is 0 Å². The van der Waals surface area contributed by atoms with Crippen LogP contribution in [0.1, 0.15) is 44.1 Å². The second-order valence-corrected chi connectivity index (χ2v) is 5.90. The predicted molar refractivity (Wildman–Crippen MR) is 72.5 cm³/mol. The lowest BCUT2D eigenvalue weighted by atomic mass is 9.85. The van der Waals surface area contributed by atoms with Gasteiger partial charge in [0.25, 0.3) is 0 Å². The fraction of sp³-hybridized carbons (Fsp3) is 0.571. The fourth-order valence-electron chi connectivity index (χ4n) is 2.63. The Hall–Kier alpha value is -0.340. The summed E-state index contributed by atoms with van der Waals surface area (Å²) in [6.45, 7) is 0. The van der Waals surface area contributed by atoms with Gasteiger partial charge in [0.1, 0.15) is 0 Å². The first-order chi connectivity index (χ1) is 7.70. The Morgan fingerprint density at radius 3 is 2.31 bits per heavy atom. The van der Waals surface area contributed by atoms with E-state index in [1.54, 1.807) is 0 Å². The number of hydrogen-bond donors (Lipinski definition) is 1. The van der Waals surface area contributed by atoms with Crippen LogP contribution >= 0.6 is 15.9 Å². The molecule has 0 aliphatic heterocycles. The molecule has 0 heterocycles. The molecule has 0 saturated heterocycles. The Bertz CT molecular complexity index is 340. The standard InChI is InChI=1S/C14H20BrN/c15-13-8-4-3-7-12(13)11-14(16)9-5-1-2-6-10-14/h3-4,7-8H,1-2,5-6,9-11,16H2. The highest BCUT2D eigenvalue weighted by Crippen LogP contribution is 2.30. The molecule has 2 N–H and O–H groups in total. The van der Waals surface area contributed by atoms with Gasteiger partial charge in [0.15, 0.2) is 0 Å². The summed E-state index contributed by atoms with van der Waals surface area (Å²) in [5, 5.41) is 0. The average molecular weight is 282 g/mol. The quantitative estimate of drug-likeness (QED) is 0.814. The third-order valence-electron chi connectivity index (χ3n) is 3.60. The van der Waals surface area contributed by atoms with Crippen LogP contribution in [0.3, 0.4) is 0 Å². The van der Waals surface area contributed by atoms with Crippen molar-refractivity contribution >= 4 is 15.9 Å². The molecule has 1 saturated carbocycles. The molecule has 1 aliphatic carbocycles. The normalized spacial score (nSPS) is 20.4. The Balaban J connectivity index is 2.10. The van der Waals surface area contributed by atoms with Gasteiger partial charge in [-0.1, -0.05) is 59.8 Å². The minimum Gasteiger partial charge on any atom is -0.325 e. The molecule has 0 amide bonds. The Labute approximate surface area is 107 Å². The molecule has 1 fully saturated rings. The molecule has 0 spiro atoms. The van der Waals surface area contributed by atoms with Crippen LogP contribution in [0.2, 0.25) is 0 Å². The van der Waals surface area contributed by atoms with Crippen molar-refractivity contribution in [1.29, 1.82) is 0 Å². The van der Waals surface area contributed by atoms with Gasteiger partial charge in [0.05, 0.1) is 0 Å². The lowest BCUT2D eigenvalue weighted by molar-refractivity contribution is 0.369. The summed E-state index contributed by atoms with van der Waals surface area (Å²) in [6, 6.07) is 8.45. The van der Waals surface area contributed by atoms with Crippen molar-refractivity contribution < 1.29 is 0 Å². The summed E-state index contributed by atoms with van der Waals surface area (Å²) in [5.41, 5.74) is 7.92. The maximum absolute atomic E-state index is 6.54. The highest BCUT2D eigenvalue weighted by molar-refractivity contribution is 9.10. The predicted octanol–water partition coefficient (Wildman–Crippen LogP) is 4.04. The molecule has 1 aromatic carbocycles. The Kier molecular flexibility index (Phi) is 4.04. The Morgan fingerprint density at radius 1 is 1.06 bits per heavy atom.